The average Bonchev–Trinajstić information content (AvgIpc) is 3.16. The summed E-state index contributed by atoms with van der Waals surface area (Å²) in [6, 6.07) is 11.4. The summed E-state index contributed by atoms with van der Waals surface area (Å²) in [7, 11) is 0. The molecule has 2 fully saturated rings. The second-order valence-electron chi connectivity index (χ2n) is 9.14. The number of rotatable bonds is 9. The zero-order valence-electron chi connectivity index (χ0n) is 21.3. The van der Waals surface area contributed by atoms with Gasteiger partial charge in [0.2, 0.25) is 5.91 Å². The van der Waals surface area contributed by atoms with E-state index in [4.69, 9.17) is 9.47 Å². The van der Waals surface area contributed by atoms with Crippen LogP contribution in [0.15, 0.2) is 47.4 Å². The molecule has 2 saturated heterocycles. The summed E-state index contributed by atoms with van der Waals surface area (Å²) in [5.41, 5.74) is 0.991. The highest BCUT2D eigenvalue weighted by molar-refractivity contribution is 8.18. The van der Waals surface area contributed by atoms with E-state index >= 15 is 0 Å². The van der Waals surface area contributed by atoms with Crippen molar-refractivity contribution in [3.63, 3.8) is 0 Å². The van der Waals surface area contributed by atoms with Crippen LogP contribution in [0.4, 0.5) is 10.5 Å². The summed E-state index contributed by atoms with van der Waals surface area (Å²) in [5, 5.41) is 10.8. The maximum absolute atomic E-state index is 12.9. The van der Waals surface area contributed by atoms with Crippen molar-refractivity contribution in [1.29, 1.82) is 0 Å². The summed E-state index contributed by atoms with van der Waals surface area (Å²) in [6.07, 6.45) is 3.40. The van der Waals surface area contributed by atoms with Crippen LogP contribution in [0.5, 0.6) is 11.5 Å². The molecule has 0 spiro atoms. The maximum Gasteiger partial charge on any atom is 0.294 e. The maximum atomic E-state index is 12.9. The number of piperidine rings is 1. The fourth-order valence-corrected chi connectivity index (χ4v) is 5.09. The molecule has 2 aromatic carbocycles. The monoisotopic (exact) mass is 539 g/mol. The van der Waals surface area contributed by atoms with Gasteiger partial charge in [-0.2, -0.15) is 0 Å². The number of hydrogen-bond acceptors (Lipinski definition) is 8. The summed E-state index contributed by atoms with van der Waals surface area (Å²) < 4.78 is 11.5. The average molecular weight is 540 g/mol. The quantitative estimate of drug-likeness (QED) is 0.252. The number of imide groups is 1. The summed E-state index contributed by atoms with van der Waals surface area (Å²) in [5.74, 6) is 0.618. The van der Waals surface area contributed by atoms with Crippen molar-refractivity contribution in [2.75, 3.05) is 26.2 Å². The Kier molecular flexibility index (Phi) is 8.67. The molecule has 38 heavy (non-hydrogen) atoms. The van der Waals surface area contributed by atoms with Crippen LogP contribution < -0.4 is 9.47 Å². The largest absolute Gasteiger partial charge is 0.490 e. The predicted molar refractivity (Wildman–Crippen MR) is 143 cm³/mol. The fourth-order valence-electron chi connectivity index (χ4n) is 4.25. The topological polar surface area (TPSA) is 119 Å². The smallest absolute Gasteiger partial charge is 0.294 e. The zero-order valence-corrected chi connectivity index (χ0v) is 22.1. The third-order valence-electron chi connectivity index (χ3n) is 6.44. The van der Waals surface area contributed by atoms with E-state index in [1.54, 1.807) is 47.4 Å². The van der Waals surface area contributed by atoms with Gasteiger partial charge in [-0.25, -0.2) is 0 Å². The molecule has 2 aliphatic heterocycles. The molecule has 0 radical (unpaired) electrons. The Bertz CT molecular complexity index is 1270. The fraction of sp³-hybridized carbons (Fsp3) is 0.370. The molecule has 10 nitrogen and oxygen atoms in total. The van der Waals surface area contributed by atoms with Crippen molar-refractivity contribution in [1.82, 2.24) is 9.80 Å². The van der Waals surface area contributed by atoms with Gasteiger partial charge in [0.15, 0.2) is 11.5 Å². The number of thioether (sulfide) groups is 1. The Morgan fingerprint density at radius 2 is 1.87 bits per heavy atom. The van der Waals surface area contributed by atoms with Gasteiger partial charge in [0.25, 0.3) is 16.8 Å². The predicted octanol–water partition coefficient (Wildman–Crippen LogP) is 4.87. The van der Waals surface area contributed by atoms with Crippen molar-refractivity contribution in [2.45, 2.75) is 33.3 Å². The molecule has 0 N–H and O–H groups in total. The van der Waals surface area contributed by atoms with Crippen LogP contribution in [-0.2, 0) is 16.2 Å². The number of likely N-dealkylation sites (tertiary alicyclic amines) is 1. The van der Waals surface area contributed by atoms with Crippen molar-refractivity contribution in [3.8, 4) is 11.5 Å². The van der Waals surface area contributed by atoms with Crippen LogP contribution in [-0.4, -0.2) is 58.0 Å². The van der Waals surface area contributed by atoms with Crippen LogP contribution in [0.1, 0.15) is 37.8 Å². The van der Waals surface area contributed by atoms with Gasteiger partial charge in [-0.1, -0.05) is 25.1 Å². The first-order chi connectivity index (χ1) is 18.3. The summed E-state index contributed by atoms with van der Waals surface area (Å²) >= 11 is 0.793. The summed E-state index contributed by atoms with van der Waals surface area (Å²) in [4.78, 5) is 51.9. The number of carbonyl (C=O) groups excluding carboxylic acids is 3. The van der Waals surface area contributed by atoms with E-state index in [1.807, 2.05) is 6.92 Å². The number of amides is 3. The van der Waals surface area contributed by atoms with E-state index in [1.165, 1.54) is 6.07 Å². The van der Waals surface area contributed by atoms with Crippen molar-refractivity contribution in [3.05, 3.63) is 68.6 Å². The van der Waals surface area contributed by atoms with Crippen molar-refractivity contribution >= 4 is 40.6 Å². The Hall–Kier alpha value is -3.86. The molecule has 0 saturated carbocycles. The molecule has 0 unspecified atom stereocenters. The molecule has 200 valence electrons. The van der Waals surface area contributed by atoms with Crippen molar-refractivity contribution < 1.29 is 28.8 Å². The van der Waals surface area contributed by atoms with E-state index < -0.39 is 16.1 Å². The number of benzene rings is 2. The minimum absolute atomic E-state index is 0.0284. The lowest BCUT2D eigenvalue weighted by Gasteiger charge is -2.31. The van der Waals surface area contributed by atoms with Crippen LogP contribution in [0.3, 0.4) is 0 Å². The molecule has 11 heteroatoms. The van der Waals surface area contributed by atoms with Gasteiger partial charge in [-0.15, -0.1) is 0 Å². The molecule has 2 heterocycles. The molecular formula is C27H29N3O7S. The number of nitro benzene ring substituents is 1. The summed E-state index contributed by atoms with van der Waals surface area (Å²) in [6.45, 7) is 5.28. The highest BCUT2D eigenvalue weighted by Gasteiger charge is 2.37. The molecule has 4 rings (SSSR count). The van der Waals surface area contributed by atoms with E-state index in [2.05, 4.69) is 6.92 Å². The molecule has 0 aliphatic carbocycles. The second-order valence-corrected chi connectivity index (χ2v) is 10.1. The van der Waals surface area contributed by atoms with Gasteiger partial charge in [0.05, 0.1) is 22.0 Å². The Morgan fingerprint density at radius 1 is 1.13 bits per heavy atom. The third-order valence-corrected chi connectivity index (χ3v) is 7.35. The lowest BCUT2D eigenvalue weighted by atomic mass is 9.99. The third kappa shape index (κ3) is 6.34. The van der Waals surface area contributed by atoms with Gasteiger partial charge in [0.1, 0.15) is 13.2 Å². The molecule has 2 aromatic rings. The standard InChI is InChI=1S/C27H29N3O7S/c1-3-36-23-14-19(8-9-22(23)37-17-20-6-4-5-7-21(20)30(34)35)15-24-26(32)29(27(33)38-24)16-25(31)28-12-10-18(2)11-13-28/h4-9,14-15,18H,3,10-13,16-17H2,1-2H3/b24-15+. The number of ether oxygens (including phenoxy) is 2. The van der Waals surface area contributed by atoms with Crippen molar-refractivity contribution in [2.24, 2.45) is 5.92 Å². The van der Waals surface area contributed by atoms with Crippen LogP contribution >= 0.6 is 11.8 Å². The molecule has 0 aromatic heterocycles. The van der Waals surface area contributed by atoms with E-state index in [0.717, 1.165) is 29.5 Å². The Morgan fingerprint density at radius 3 is 2.58 bits per heavy atom. The number of carbonyl (C=O) groups is 3. The van der Waals surface area contributed by atoms with Gasteiger partial charge in [0, 0.05) is 19.2 Å². The first-order valence-corrected chi connectivity index (χ1v) is 13.2. The Labute approximate surface area is 224 Å². The molecular weight excluding hydrogens is 510 g/mol. The molecule has 2 aliphatic rings. The highest BCUT2D eigenvalue weighted by atomic mass is 32.2. The van der Waals surface area contributed by atoms with E-state index in [9.17, 15) is 24.5 Å². The molecule has 3 amide bonds. The number of para-hydroxylation sites is 1. The van der Waals surface area contributed by atoms with E-state index in [-0.39, 0.29) is 29.7 Å². The lowest BCUT2D eigenvalue weighted by Crippen LogP contribution is -2.45. The van der Waals surface area contributed by atoms with E-state index in [0.29, 0.717) is 48.2 Å². The molecule has 0 bridgehead atoms. The minimum atomic E-state index is -0.506. The number of nitrogens with zero attached hydrogens (tertiary/aromatic N) is 3. The highest BCUT2D eigenvalue weighted by Crippen LogP contribution is 2.35. The molecule has 0 atom stereocenters. The van der Waals surface area contributed by atoms with Gasteiger partial charge < -0.3 is 14.4 Å². The van der Waals surface area contributed by atoms with Crippen LogP contribution in [0, 0.1) is 16.0 Å². The number of nitro groups is 1. The minimum Gasteiger partial charge on any atom is -0.490 e. The number of hydrogen-bond donors (Lipinski definition) is 0. The first kappa shape index (κ1) is 27.2. The van der Waals surface area contributed by atoms with Crippen LogP contribution in [0.25, 0.3) is 6.08 Å². The first-order valence-electron chi connectivity index (χ1n) is 12.4. The Balaban J connectivity index is 1.46. The second kappa shape index (κ2) is 12.1. The van der Waals surface area contributed by atoms with Gasteiger partial charge in [-0.3, -0.25) is 29.4 Å². The van der Waals surface area contributed by atoms with Gasteiger partial charge in [-0.05, 0) is 67.3 Å². The SMILES string of the molecule is CCOc1cc(/C=C2/SC(=O)N(CC(=O)N3CCC(C)CC3)C2=O)ccc1OCc1ccccc1[N+](=O)[O-]. The van der Waals surface area contributed by atoms with Gasteiger partial charge >= 0.3 is 0 Å². The zero-order chi connectivity index (χ0) is 27.2. The van der Waals surface area contributed by atoms with Crippen LogP contribution in [0.2, 0.25) is 0 Å². The normalized spacial score (nSPS) is 17.3. The lowest BCUT2D eigenvalue weighted by molar-refractivity contribution is -0.385.